The molecule has 1 heterocycles. The van der Waals surface area contributed by atoms with Crippen LogP contribution in [-0.4, -0.2) is 42.2 Å². The van der Waals surface area contributed by atoms with Crippen molar-refractivity contribution in [2.45, 2.75) is 6.54 Å². The number of rotatable bonds is 6. The number of carbonyl (C=O) groups excluding carboxylic acids is 1. The van der Waals surface area contributed by atoms with Crippen LogP contribution in [0.2, 0.25) is 0 Å². The van der Waals surface area contributed by atoms with Crippen LogP contribution in [0.4, 0.5) is 0 Å². The van der Waals surface area contributed by atoms with Gasteiger partial charge in [0.1, 0.15) is 18.0 Å². The van der Waals surface area contributed by atoms with Crippen LogP contribution in [-0.2, 0) is 6.54 Å². The first-order valence-corrected chi connectivity index (χ1v) is 7.98. The van der Waals surface area contributed by atoms with Gasteiger partial charge in [0.25, 0.3) is 5.91 Å². The second-order valence-electron chi connectivity index (χ2n) is 5.61. The van der Waals surface area contributed by atoms with Crippen LogP contribution in [0.1, 0.15) is 16.2 Å². The SMILES string of the molecule is COc1cccc(-c2noc(CN(C)C(=O)c3ccccc3OC)n2)c1. The van der Waals surface area contributed by atoms with Crippen LogP contribution < -0.4 is 9.47 Å². The lowest BCUT2D eigenvalue weighted by atomic mass is 10.2. The minimum Gasteiger partial charge on any atom is -0.497 e. The molecule has 7 heteroatoms. The fourth-order valence-corrected chi connectivity index (χ4v) is 2.50. The number of carbonyl (C=O) groups is 1. The van der Waals surface area contributed by atoms with Gasteiger partial charge in [-0.2, -0.15) is 4.98 Å². The maximum atomic E-state index is 12.6. The first-order valence-electron chi connectivity index (χ1n) is 7.98. The molecule has 0 aliphatic carbocycles. The molecule has 0 saturated carbocycles. The summed E-state index contributed by atoms with van der Waals surface area (Å²) in [6, 6.07) is 14.4. The van der Waals surface area contributed by atoms with Crippen molar-refractivity contribution in [3.8, 4) is 22.9 Å². The summed E-state index contributed by atoms with van der Waals surface area (Å²) >= 11 is 0. The van der Waals surface area contributed by atoms with Crippen LogP contribution in [0, 0.1) is 0 Å². The minimum absolute atomic E-state index is 0.188. The molecule has 0 aliphatic heterocycles. The highest BCUT2D eigenvalue weighted by Crippen LogP contribution is 2.22. The predicted molar refractivity (Wildman–Crippen MR) is 95.1 cm³/mol. The predicted octanol–water partition coefficient (Wildman–Crippen LogP) is 3.03. The Bertz CT molecular complexity index is 907. The van der Waals surface area contributed by atoms with E-state index in [-0.39, 0.29) is 12.5 Å². The van der Waals surface area contributed by atoms with Crippen molar-refractivity contribution >= 4 is 5.91 Å². The van der Waals surface area contributed by atoms with Crippen molar-refractivity contribution in [3.05, 3.63) is 60.0 Å². The molecule has 0 atom stereocenters. The highest BCUT2D eigenvalue weighted by Gasteiger charge is 2.19. The molecule has 1 amide bonds. The lowest BCUT2D eigenvalue weighted by Gasteiger charge is -2.16. The van der Waals surface area contributed by atoms with Crippen molar-refractivity contribution in [1.29, 1.82) is 0 Å². The summed E-state index contributed by atoms with van der Waals surface area (Å²) in [5, 5.41) is 3.98. The third-order valence-corrected chi connectivity index (χ3v) is 3.85. The van der Waals surface area contributed by atoms with E-state index in [1.54, 1.807) is 32.4 Å². The second kappa shape index (κ2) is 7.69. The van der Waals surface area contributed by atoms with Crippen LogP contribution in [0.15, 0.2) is 53.1 Å². The lowest BCUT2D eigenvalue weighted by molar-refractivity contribution is 0.0766. The molecule has 1 aromatic heterocycles. The summed E-state index contributed by atoms with van der Waals surface area (Å²) in [7, 11) is 4.80. The largest absolute Gasteiger partial charge is 0.497 e. The molecule has 3 aromatic rings. The van der Waals surface area contributed by atoms with E-state index < -0.39 is 0 Å². The average molecular weight is 353 g/mol. The molecule has 7 nitrogen and oxygen atoms in total. The Hall–Kier alpha value is -3.35. The van der Waals surface area contributed by atoms with E-state index in [2.05, 4.69) is 10.1 Å². The Kier molecular flexibility index (Phi) is 5.17. The van der Waals surface area contributed by atoms with Crippen LogP contribution >= 0.6 is 0 Å². The van der Waals surface area contributed by atoms with Gasteiger partial charge in [-0.1, -0.05) is 29.4 Å². The van der Waals surface area contributed by atoms with E-state index in [4.69, 9.17) is 14.0 Å². The molecular weight excluding hydrogens is 334 g/mol. The quantitative estimate of drug-likeness (QED) is 0.678. The van der Waals surface area contributed by atoms with Gasteiger partial charge >= 0.3 is 0 Å². The lowest BCUT2D eigenvalue weighted by Crippen LogP contribution is -2.26. The second-order valence-corrected chi connectivity index (χ2v) is 5.61. The van der Waals surface area contributed by atoms with Gasteiger partial charge in [0.15, 0.2) is 0 Å². The number of amides is 1. The number of nitrogens with zero attached hydrogens (tertiary/aromatic N) is 3. The summed E-state index contributed by atoms with van der Waals surface area (Å²) in [4.78, 5) is 18.5. The van der Waals surface area contributed by atoms with Gasteiger partial charge in [-0.15, -0.1) is 0 Å². The van der Waals surface area contributed by atoms with Crippen molar-refractivity contribution in [2.24, 2.45) is 0 Å². The van der Waals surface area contributed by atoms with Crippen molar-refractivity contribution < 1.29 is 18.8 Å². The number of methoxy groups -OCH3 is 2. The number of para-hydroxylation sites is 1. The molecule has 0 N–H and O–H groups in total. The van der Waals surface area contributed by atoms with Gasteiger partial charge in [-0.05, 0) is 24.3 Å². The molecule has 0 bridgehead atoms. The van der Waals surface area contributed by atoms with Gasteiger partial charge in [0, 0.05) is 12.6 Å². The first kappa shape index (κ1) is 17.5. The Labute approximate surface area is 151 Å². The summed E-state index contributed by atoms with van der Waals surface area (Å²) in [6.07, 6.45) is 0. The standard InChI is InChI=1S/C19H19N3O4/c1-22(19(23)15-9-4-5-10-16(15)25-3)12-17-20-18(21-26-17)13-7-6-8-14(11-13)24-2/h4-11H,12H2,1-3H3. The topological polar surface area (TPSA) is 77.7 Å². The highest BCUT2D eigenvalue weighted by atomic mass is 16.5. The number of aromatic nitrogens is 2. The molecular formula is C19H19N3O4. The van der Waals surface area contributed by atoms with Gasteiger partial charge in [0.05, 0.1) is 19.8 Å². The van der Waals surface area contributed by atoms with E-state index in [1.807, 2.05) is 30.3 Å². The molecule has 0 fully saturated rings. The Balaban J connectivity index is 1.75. The van der Waals surface area contributed by atoms with Gasteiger partial charge < -0.3 is 18.9 Å². The zero-order valence-electron chi connectivity index (χ0n) is 14.8. The number of hydrogen-bond donors (Lipinski definition) is 0. The molecule has 2 aromatic carbocycles. The Morgan fingerprint density at radius 3 is 2.69 bits per heavy atom. The summed E-state index contributed by atoms with van der Waals surface area (Å²) < 4.78 is 15.7. The van der Waals surface area contributed by atoms with Crippen LogP contribution in [0.25, 0.3) is 11.4 Å². The number of ether oxygens (including phenoxy) is 2. The van der Waals surface area contributed by atoms with Gasteiger partial charge in [0.2, 0.25) is 11.7 Å². The average Bonchev–Trinajstić information content (AvgIpc) is 3.15. The summed E-state index contributed by atoms with van der Waals surface area (Å²) in [5.41, 5.74) is 1.25. The Morgan fingerprint density at radius 2 is 1.92 bits per heavy atom. The summed E-state index contributed by atoms with van der Waals surface area (Å²) in [6.45, 7) is 0.188. The van der Waals surface area contributed by atoms with Crippen molar-refractivity contribution in [2.75, 3.05) is 21.3 Å². The fourth-order valence-electron chi connectivity index (χ4n) is 2.50. The smallest absolute Gasteiger partial charge is 0.257 e. The van der Waals surface area contributed by atoms with E-state index in [1.165, 1.54) is 12.0 Å². The van der Waals surface area contributed by atoms with Gasteiger partial charge in [-0.25, -0.2) is 0 Å². The molecule has 0 aliphatic rings. The Morgan fingerprint density at radius 1 is 1.12 bits per heavy atom. The zero-order chi connectivity index (χ0) is 18.5. The van der Waals surface area contributed by atoms with Gasteiger partial charge in [-0.3, -0.25) is 4.79 Å². The van der Waals surface area contributed by atoms with Crippen LogP contribution in [0.3, 0.4) is 0 Å². The minimum atomic E-state index is -0.191. The maximum Gasteiger partial charge on any atom is 0.257 e. The molecule has 0 spiro atoms. The van der Waals surface area contributed by atoms with Crippen LogP contribution in [0.5, 0.6) is 11.5 Å². The number of benzene rings is 2. The van der Waals surface area contributed by atoms with E-state index >= 15 is 0 Å². The third-order valence-electron chi connectivity index (χ3n) is 3.85. The molecule has 3 rings (SSSR count). The van der Waals surface area contributed by atoms with E-state index in [9.17, 15) is 4.79 Å². The maximum absolute atomic E-state index is 12.6. The normalized spacial score (nSPS) is 10.4. The fraction of sp³-hybridized carbons (Fsp3) is 0.211. The van der Waals surface area contributed by atoms with E-state index in [0.717, 1.165) is 5.56 Å². The summed E-state index contributed by atoms with van der Waals surface area (Å²) in [5.74, 6) is 1.82. The zero-order valence-corrected chi connectivity index (χ0v) is 14.8. The molecule has 0 unspecified atom stereocenters. The number of hydrogen-bond acceptors (Lipinski definition) is 6. The molecule has 134 valence electrons. The monoisotopic (exact) mass is 353 g/mol. The van der Waals surface area contributed by atoms with Crippen molar-refractivity contribution in [1.82, 2.24) is 15.0 Å². The molecule has 0 radical (unpaired) electrons. The van der Waals surface area contributed by atoms with E-state index in [0.29, 0.717) is 28.8 Å². The highest BCUT2D eigenvalue weighted by molar-refractivity contribution is 5.96. The molecule has 0 saturated heterocycles. The first-order chi connectivity index (χ1) is 12.6. The third kappa shape index (κ3) is 3.66. The molecule has 26 heavy (non-hydrogen) atoms. The van der Waals surface area contributed by atoms with Crippen molar-refractivity contribution in [3.63, 3.8) is 0 Å².